The average Bonchev–Trinajstić information content (AvgIpc) is 2.68. The molecule has 1 heterocycles. The number of phenolic OH excluding ortho intramolecular Hbond substituents is 1. The van der Waals surface area contributed by atoms with E-state index < -0.39 is 0 Å². The lowest BCUT2D eigenvalue weighted by atomic mass is 10.2. The van der Waals surface area contributed by atoms with E-state index in [-0.39, 0.29) is 11.4 Å². The smallest absolute Gasteiger partial charge is 0.331 e. The molecule has 1 aromatic heterocycles. The number of halogens is 1. The van der Waals surface area contributed by atoms with Crippen molar-refractivity contribution in [1.29, 1.82) is 0 Å². The standard InChI is InChI=1S/C13H9ClN2O2/c14-8-4-6-9(7-5-8)16-12-10(15-13(16)18)2-1-3-11(12)17/h1-7,17H,(H,15,18). The summed E-state index contributed by atoms with van der Waals surface area (Å²) in [7, 11) is 0. The van der Waals surface area contributed by atoms with Gasteiger partial charge in [0, 0.05) is 5.02 Å². The number of hydrogen-bond acceptors (Lipinski definition) is 2. The van der Waals surface area contributed by atoms with Crippen LogP contribution in [0.2, 0.25) is 5.02 Å². The van der Waals surface area contributed by atoms with Crippen molar-refractivity contribution in [2.45, 2.75) is 0 Å². The fraction of sp³-hybridized carbons (Fsp3) is 0. The van der Waals surface area contributed by atoms with Crippen molar-refractivity contribution in [3.8, 4) is 11.4 Å². The highest BCUT2D eigenvalue weighted by atomic mass is 35.5. The second-order valence-electron chi connectivity index (χ2n) is 3.92. The molecule has 2 N–H and O–H groups in total. The summed E-state index contributed by atoms with van der Waals surface area (Å²) >= 11 is 5.82. The summed E-state index contributed by atoms with van der Waals surface area (Å²) in [6.45, 7) is 0. The first-order chi connectivity index (χ1) is 8.66. The lowest BCUT2D eigenvalue weighted by Gasteiger charge is -2.04. The van der Waals surface area contributed by atoms with Gasteiger partial charge in [0.2, 0.25) is 0 Å². The zero-order chi connectivity index (χ0) is 12.7. The molecule has 3 aromatic rings. The molecule has 18 heavy (non-hydrogen) atoms. The van der Waals surface area contributed by atoms with Crippen molar-refractivity contribution in [1.82, 2.24) is 9.55 Å². The number of nitrogens with zero attached hydrogens (tertiary/aromatic N) is 1. The van der Waals surface area contributed by atoms with E-state index in [1.165, 1.54) is 4.57 Å². The van der Waals surface area contributed by atoms with E-state index in [0.717, 1.165) is 0 Å². The van der Waals surface area contributed by atoms with Gasteiger partial charge >= 0.3 is 5.69 Å². The number of hydrogen-bond donors (Lipinski definition) is 2. The van der Waals surface area contributed by atoms with Crippen LogP contribution in [0.15, 0.2) is 47.3 Å². The summed E-state index contributed by atoms with van der Waals surface area (Å²) < 4.78 is 1.42. The van der Waals surface area contributed by atoms with Crippen molar-refractivity contribution < 1.29 is 5.11 Å². The van der Waals surface area contributed by atoms with E-state index >= 15 is 0 Å². The number of phenols is 1. The number of H-pyrrole nitrogens is 1. The first kappa shape index (κ1) is 10.9. The zero-order valence-electron chi connectivity index (χ0n) is 9.22. The molecule has 5 heteroatoms. The molecule has 0 atom stereocenters. The summed E-state index contributed by atoms with van der Waals surface area (Å²) in [6.07, 6.45) is 0. The first-order valence-electron chi connectivity index (χ1n) is 5.35. The number of rotatable bonds is 1. The van der Waals surface area contributed by atoms with Crippen molar-refractivity contribution in [3.63, 3.8) is 0 Å². The molecule has 2 aromatic carbocycles. The third-order valence-electron chi connectivity index (χ3n) is 2.77. The van der Waals surface area contributed by atoms with Crippen LogP contribution in [0.5, 0.6) is 5.75 Å². The highest BCUT2D eigenvalue weighted by Crippen LogP contribution is 2.24. The predicted octanol–water partition coefficient (Wildman–Crippen LogP) is 2.68. The number of aromatic nitrogens is 2. The van der Waals surface area contributed by atoms with Crippen LogP contribution in [0.3, 0.4) is 0 Å². The molecule has 0 aliphatic heterocycles. The Bertz CT molecular complexity index is 772. The highest BCUT2D eigenvalue weighted by molar-refractivity contribution is 6.30. The van der Waals surface area contributed by atoms with Gasteiger partial charge in [-0.3, -0.25) is 4.57 Å². The monoisotopic (exact) mass is 260 g/mol. The second kappa shape index (κ2) is 3.92. The van der Waals surface area contributed by atoms with Crippen LogP contribution < -0.4 is 5.69 Å². The third kappa shape index (κ3) is 1.58. The molecule has 0 aliphatic rings. The Kier molecular flexibility index (Phi) is 2.38. The predicted molar refractivity (Wildman–Crippen MR) is 70.6 cm³/mol. The van der Waals surface area contributed by atoms with Gasteiger partial charge in [0.25, 0.3) is 0 Å². The molecule has 4 nitrogen and oxygen atoms in total. The van der Waals surface area contributed by atoms with Crippen LogP contribution in [0.25, 0.3) is 16.7 Å². The second-order valence-corrected chi connectivity index (χ2v) is 4.35. The van der Waals surface area contributed by atoms with E-state index in [1.807, 2.05) is 0 Å². The van der Waals surface area contributed by atoms with Gasteiger partial charge in [0.05, 0.1) is 11.2 Å². The maximum Gasteiger partial charge on any atom is 0.331 e. The van der Waals surface area contributed by atoms with Gasteiger partial charge in [0.1, 0.15) is 11.3 Å². The van der Waals surface area contributed by atoms with Crippen LogP contribution in [0, 0.1) is 0 Å². The molecule has 3 rings (SSSR count). The summed E-state index contributed by atoms with van der Waals surface area (Å²) in [5.74, 6) is 0.0563. The summed E-state index contributed by atoms with van der Waals surface area (Å²) in [5, 5.41) is 10.5. The molecule has 0 unspecified atom stereocenters. The largest absolute Gasteiger partial charge is 0.506 e. The van der Waals surface area contributed by atoms with Gasteiger partial charge in [-0.25, -0.2) is 4.79 Å². The fourth-order valence-electron chi connectivity index (χ4n) is 1.98. The molecule has 0 bridgehead atoms. The van der Waals surface area contributed by atoms with Gasteiger partial charge < -0.3 is 10.1 Å². The first-order valence-corrected chi connectivity index (χ1v) is 5.73. The number of imidazole rings is 1. The molecule has 0 saturated carbocycles. The van der Waals surface area contributed by atoms with Gasteiger partial charge in [0.15, 0.2) is 0 Å². The minimum Gasteiger partial charge on any atom is -0.506 e. The minimum atomic E-state index is -0.297. The van der Waals surface area contributed by atoms with Gasteiger partial charge in [-0.1, -0.05) is 17.7 Å². The van der Waals surface area contributed by atoms with Crippen LogP contribution in [0.1, 0.15) is 0 Å². The van der Waals surface area contributed by atoms with Crippen molar-refractivity contribution in [3.05, 3.63) is 58.0 Å². The van der Waals surface area contributed by atoms with Crippen LogP contribution in [0.4, 0.5) is 0 Å². The quantitative estimate of drug-likeness (QED) is 0.707. The Labute approximate surface area is 107 Å². The average molecular weight is 261 g/mol. The van der Waals surface area contributed by atoms with E-state index in [4.69, 9.17) is 11.6 Å². The Morgan fingerprint density at radius 2 is 1.83 bits per heavy atom. The minimum absolute atomic E-state index is 0.0563. The van der Waals surface area contributed by atoms with Crippen molar-refractivity contribution >= 4 is 22.6 Å². The van der Waals surface area contributed by atoms with Gasteiger partial charge in [-0.2, -0.15) is 0 Å². The summed E-state index contributed by atoms with van der Waals surface area (Å²) in [6, 6.07) is 11.8. The number of fused-ring (bicyclic) bond motifs is 1. The fourth-order valence-corrected chi connectivity index (χ4v) is 2.10. The molecule has 0 saturated heterocycles. The number of aromatic hydroxyl groups is 1. The normalized spacial score (nSPS) is 10.9. The maximum atomic E-state index is 11.9. The lowest BCUT2D eigenvalue weighted by Crippen LogP contribution is -2.14. The number of para-hydroxylation sites is 1. The number of nitrogens with one attached hydrogen (secondary N) is 1. The van der Waals surface area contributed by atoms with Crippen LogP contribution >= 0.6 is 11.6 Å². The summed E-state index contributed by atoms with van der Waals surface area (Å²) in [4.78, 5) is 14.6. The molecular weight excluding hydrogens is 252 g/mol. The van der Waals surface area contributed by atoms with Crippen molar-refractivity contribution in [2.24, 2.45) is 0 Å². The third-order valence-corrected chi connectivity index (χ3v) is 3.02. The summed E-state index contributed by atoms with van der Waals surface area (Å²) in [5.41, 5.74) is 1.41. The van der Waals surface area contributed by atoms with E-state index in [0.29, 0.717) is 21.7 Å². The maximum absolute atomic E-state index is 11.9. The topological polar surface area (TPSA) is 58.0 Å². The Hall–Kier alpha value is -2.20. The molecule has 0 fully saturated rings. The molecule has 0 spiro atoms. The zero-order valence-corrected chi connectivity index (χ0v) is 9.98. The van der Waals surface area contributed by atoms with Crippen molar-refractivity contribution in [2.75, 3.05) is 0 Å². The Balaban J connectivity index is 2.38. The number of benzene rings is 2. The Morgan fingerprint density at radius 3 is 2.56 bits per heavy atom. The molecule has 0 radical (unpaired) electrons. The van der Waals surface area contributed by atoms with E-state index in [9.17, 15) is 9.90 Å². The lowest BCUT2D eigenvalue weighted by molar-refractivity contribution is 0.479. The van der Waals surface area contributed by atoms with Gasteiger partial charge in [-0.15, -0.1) is 0 Å². The molecule has 0 aliphatic carbocycles. The van der Waals surface area contributed by atoms with E-state index in [2.05, 4.69) is 4.98 Å². The SMILES string of the molecule is O=c1[nH]c2cccc(O)c2n1-c1ccc(Cl)cc1. The van der Waals surface area contributed by atoms with Crippen LogP contribution in [-0.4, -0.2) is 14.7 Å². The van der Waals surface area contributed by atoms with E-state index in [1.54, 1.807) is 42.5 Å². The molecular formula is C13H9ClN2O2. The molecule has 90 valence electrons. The number of aromatic amines is 1. The van der Waals surface area contributed by atoms with Crippen LogP contribution in [-0.2, 0) is 0 Å². The molecule has 0 amide bonds. The highest BCUT2D eigenvalue weighted by Gasteiger charge is 2.11. The Morgan fingerprint density at radius 1 is 1.11 bits per heavy atom. The van der Waals surface area contributed by atoms with Gasteiger partial charge in [-0.05, 0) is 36.4 Å².